The minimum Gasteiger partial charge on any atom is -0.493 e. The standard InChI is InChI=1S/C19H25N3OS/c1-14(16-8-10-24-13-16)11-21-19(20-2)22-12-15-7-9-23-18-6-4-3-5-17(15)18/h3-6,8,10,13-15H,7,9,11-12H2,1-2H3,(H2,20,21,22). The highest BCUT2D eigenvalue weighted by Gasteiger charge is 2.21. The molecule has 0 spiro atoms. The Bertz CT molecular complexity index is 669. The lowest BCUT2D eigenvalue weighted by Crippen LogP contribution is -2.41. The third kappa shape index (κ3) is 4.09. The average Bonchev–Trinajstić information content (AvgIpc) is 3.16. The van der Waals surface area contributed by atoms with E-state index in [0.29, 0.717) is 11.8 Å². The smallest absolute Gasteiger partial charge is 0.191 e. The first-order valence-electron chi connectivity index (χ1n) is 8.46. The maximum atomic E-state index is 5.73. The van der Waals surface area contributed by atoms with E-state index in [0.717, 1.165) is 37.8 Å². The predicted molar refractivity (Wildman–Crippen MR) is 101 cm³/mol. The third-order valence-electron chi connectivity index (χ3n) is 4.51. The summed E-state index contributed by atoms with van der Waals surface area (Å²) in [6.07, 6.45) is 1.03. The topological polar surface area (TPSA) is 45.7 Å². The van der Waals surface area contributed by atoms with Gasteiger partial charge in [0.15, 0.2) is 5.96 Å². The van der Waals surface area contributed by atoms with E-state index in [2.05, 4.69) is 57.6 Å². The van der Waals surface area contributed by atoms with Crippen molar-refractivity contribution in [2.75, 3.05) is 26.7 Å². The number of fused-ring (bicyclic) bond motifs is 1. The van der Waals surface area contributed by atoms with Gasteiger partial charge in [-0.2, -0.15) is 11.3 Å². The Balaban J connectivity index is 1.52. The van der Waals surface area contributed by atoms with Gasteiger partial charge in [-0.3, -0.25) is 4.99 Å². The third-order valence-corrected chi connectivity index (χ3v) is 5.21. The number of rotatable bonds is 5. The fourth-order valence-electron chi connectivity index (χ4n) is 2.99. The van der Waals surface area contributed by atoms with E-state index in [4.69, 9.17) is 4.74 Å². The Labute approximate surface area is 148 Å². The van der Waals surface area contributed by atoms with Gasteiger partial charge in [0, 0.05) is 26.1 Å². The minimum absolute atomic E-state index is 0.461. The van der Waals surface area contributed by atoms with E-state index >= 15 is 0 Å². The first-order valence-corrected chi connectivity index (χ1v) is 9.40. The lowest BCUT2D eigenvalue weighted by Gasteiger charge is -2.26. The molecule has 24 heavy (non-hydrogen) atoms. The van der Waals surface area contributed by atoms with Crippen LogP contribution in [0.2, 0.25) is 0 Å². The fraction of sp³-hybridized carbons (Fsp3) is 0.421. The van der Waals surface area contributed by atoms with Crippen molar-refractivity contribution in [3.63, 3.8) is 0 Å². The molecule has 1 aromatic heterocycles. The Morgan fingerprint density at radius 3 is 3.00 bits per heavy atom. The van der Waals surface area contributed by atoms with E-state index in [1.165, 1.54) is 11.1 Å². The van der Waals surface area contributed by atoms with Gasteiger partial charge in [-0.05, 0) is 46.4 Å². The molecule has 0 fully saturated rings. The van der Waals surface area contributed by atoms with Gasteiger partial charge in [0.2, 0.25) is 0 Å². The van der Waals surface area contributed by atoms with Crippen LogP contribution in [0, 0.1) is 0 Å². The SMILES string of the molecule is CN=C(NCC(C)c1ccsc1)NCC1CCOc2ccccc21. The number of guanidine groups is 1. The molecule has 0 bridgehead atoms. The summed E-state index contributed by atoms with van der Waals surface area (Å²) in [4.78, 5) is 4.35. The van der Waals surface area contributed by atoms with Crippen molar-refractivity contribution < 1.29 is 4.74 Å². The molecule has 0 amide bonds. The maximum absolute atomic E-state index is 5.73. The molecule has 0 saturated carbocycles. The summed E-state index contributed by atoms with van der Waals surface area (Å²) in [7, 11) is 1.82. The molecule has 2 atom stereocenters. The van der Waals surface area contributed by atoms with Crippen LogP contribution in [0.3, 0.4) is 0 Å². The van der Waals surface area contributed by atoms with Gasteiger partial charge in [0.05, 0.1) is 6.61 Å². The average molecular weight is 343 g/mol. The summed E-state index contributed by atoms with van der Waals surface area (Å²) in [6.45, 7) is 4.76. The van der Waals surface area contributed by atoms with E-state index in [-0.39, 0.29) is 0 Å². The zero-order valence-electron chi connectivity index (χ0n) is 14.3. The Hall–Kier alpha value is -2.01. The van der Waals surface area contributed by atoms with Crippen LogP contribution < -0.4 is 15.4 Å². The van der Waals surface area contributed by atoms with E-state index < -0.39 is 0 Å². The van der Waals surface area contributed by atoms with Crippen molar-refractivity contribution in [2.24, 2.45) is 4.99 Å². The summed E-state index contributed by atoms with van der Waals surface area (Å²) >= 11 is 1.74. The predicted octanol–water partition coefficient (Wildman–Crippen LogP) is 3.58. The van der Waals surface area contributed by atoms with Crippen molar-refractivity contribution in [3.05, 3.63) is 52.2 Å². The molecule has 128 valence electrons. The molecule has 1 aliphatic rings. The molecule has 3 rings (SSSR count). The monoisotopic (exact) mass is 343 g/mol. The second-order valence-corrected chi connectivity index (χ2v) is 6.94. The van der Waals surface area contributed by atoms with Crippen molar-refractivity contribution in [1.29, 1.82) is 0 Å². The van der Waals surface area contributed by atoms with Gasteiger partial charge < -0.3 is 15.4 Å². The normalized spacial score (nSPS) is 18.4. The Morgan fingerprint density at radius 1 is 1.33 bits per heavy atom. The van der Waals surface area contributed by atoms with E-state index in [1.807, 2.05) is 13.1 Å². The van der Waals surface area contributed by atoms with Gasteiger partial charge in [-0.15, -0.1) is 0 Å². The van der Waals surface area contributed by atoms with Crippen molar-refractivity contribution in [3.8, 4) is 5.75 Å². The molecule has 0 saturated heterocycles. The highest BCUT2D eigenvalue weighted by molar-refractivity contribution is 7.07. The highest BCUT2D eigenvalue weighted by Crippen LogP contribution is 2.32. The van der Waals surface area contributed by atoms with Gasteiger partial charge in [0.25, 0.3) is 0 Å². The van der Waals surface area contributed by atoms with Crippen LogP contribution >= 0.6 is 11.3 Å². The van der Waals surface area contributed by atoms with Crippen LogP contribution in [0.4, 0.5) is 0 Å². The lowest BCUT2D eigenvalue weighted by molar-refractivity contribution is 0.267. The molecule has 1 aromatic carbocycles. The first-order chi connectivity index (χ1) is 11.8. The van der Waals surface area contributed by atoms with Crippen LogP contribution in [0.1, 0.15) is 36.3 Å². The summed E-state index contributed by atoms with van der Waals surface area (Å²) in [5.74, 6) is 2.81. The summed E-state index contributed by atoms with van der Waals surface area (Å²) in [6, 6.07) is 10.5. The van der Waals surface area contributed by atoms with E-state index in [9.17, 15) is 0 Å². The Kier molecular flexibility index (Phi) is 5.75. The molecule has 0 radical (unpaired) electrons. The minimum atomic E-state index is 0.461. The number of ether oxygens (including phenoxy) is 1. The van der Waals surface area contributed by atoms with Gasteiger partial charge in [0.1, 0.15) is 5.75 Å². The van der Waals surface area contributed by atoms with Crippen molar-refractivity contribution >= 4 is 17.3 Å². The molecule has 2 unspecified atom stereocenters. The number of thiophene rings is 1. The Morgan fingerprint density at radius 2 is 2.21 bits per heavy atom. The number of para-hydroxylation sites is 1. The van der Waals surface area contributed by atoms with Crippen LogP contribution in [0.15, 0.2) is 46.1 Å². The molecule has 4 nitrogen and oxygen atoms in total. The van der Waals surface area contributed by atoms with Gasteiger partial charge in [-0.25, -0.2) is 0 Å². The molecule has 1 aliphatic heterocycles. The number of hydrogen-bond acceptors (Lipinski definition) is 3. The summed E-state index contributed by atoms with van der Waals surface area (Å²) in [5.41, 5.74) is 2.67. The van der Waals surface area contributed by atoms with Gasteiger partial charge in [-0.1, -0.05) is 25.1 Å². The molecule has 2 aromatic rings. The second-order valence-electron chi connectivity index (χ2n) is 6.16. The molecular weight excluding hydrogens is 318 g/mol. The largest absolute Gasteiger partial charge is 0.493 e. The van der Waals surface area contributed by atoms with Crippen LogP contribution in [-0.4, -0.2) is 32.7 Å². The summed E-state index contributed by atoms with van der Waals surface area (Å²) < 4.78 is 5.73. The molecular formula is C19H25N3OS. The summed E-state index contributed by atoms with van der Waals surface area (Å²) in [5, 5.41) is 11.2. The lowest BCUT2D eigenvalue weighted by atomic mass is 9.93. The van der Waals surface area contributed by atoms with Crippen LogP contribution in [0.5, 0.6) is 5.75 Å². The molecule has 2 heterocycles. The van der Waals surface area contributed by atoms with Crippen molar-refractivity contribution in [1.82, 2.24) is 10.6 Å². The molecule has 0 aliphatic carbocycles. The number of benzene rings is 1. The molecule has 2 N–H and O–H groups in total. The second kappa shape index (κ2) is 8.20. The zero-order valence-corrected chi connectivity index (χ0v) is 15.1. The quantitative estimate of drug-likeness (QED) is 0.644. The van der Waals surface area contributed by atoms with Crippen molar-refractivity contribution in [2.45, 2.75) is 25.2 Å². The number of nitrogens with one attached hydrogen (secondary N) is 2. The van der Waals surface area contributed by atoms with Gasteiger partial charge >= 0.3 is 0 Å². The highest BCUT2D eigenvalue weighted by atomic mass is 32.1. The zero-order chi connectivity index (χ0) is 16.8. The first kappa shape index (κ1) is 16.8. The number of hydrogen-bond donors (Lipinski definition) is 2. The maximum Gasteiger partial charge on any atom is 0.191 e. The van der Waals surface area contributed by atoms with Crippen LogP contribution in [0.25, 0.3) is 0 Å². The number of nitrogens with zero attached hydrogens (tertiary/aromatic N) is 1. The van der Waals surface area contributed by atoms with E-state index in [1.54, 1.807) is 11.3 Å². The van der Waals surface area contributed by atoms with Crippen LogP contribution in [-0.2, 0) is 0 Å². The fourth-order valence-corrected chi connectivity index (χ4v) is 3.77. The molecule has 5 heteroatoms. The number of aliphatic imine (C=N–C) groups is 1.